The average Bonchev–Trinajstić information content (AvgIpc) is 2.42. The molecule has 0 amide bonds. The Balaban J connectivity index is 2.37. The molecule has 2 aromatic rings. The first-order chi connectivity index (χ1) is 9.51. The van der Waals surface area contributed by atoms with Gasteiger partial charge in [0.1, 0.15) is 11.8 Å². The topological polar surface area (TPSA) is 89.0 Å². The Bertz CT molecular complexity index is 725. The van der Waals surface area contributed by atoms with Crippen LogP contribution in [-0.2, 0) is 0 Å². The van der Waals surface area contributed by atoms with Crippen molar-refractivity contribution in [2.75, 3.05) is 0 Å². The van der Waals surface area contributed by atoms with E-state index in [1.54, 1.807) is 0 Å². The third-order valence-electron chi connectivity index (χ3n) is 2.50. The summed E-state index contributed by atoms with van der Waals surface area (Å²) in [6, 6.07) is 8.31. The Morgan fingerprint density at radius 1 is 1.45 bits per heavy atom. The highest BCUT2D eigenvalue weighted by Crippen LogP contribution is 2.29. The number of nitro groups is 1. The summed E-state index contributed by atoms with van der Waals surface area (Å²) in [7, 11) is 0. The van der Waals surface area contributed by atoms with E-state index in [1.165, 1.54) is 31.2 Å². The van der Waals surface area contributed by atoms with Crippen LogP contribution in [0, 0.1) is 34.2 Å². The molecule has 0 radical (unpaired) electrons. The molecule has 0 aliphatic carbocycles. The average molecular weight is 273 g/mol. The van der Waals surface area contributed by atoms with Gasteiger partial charge in [-0.05, 0) is 19.1 Å². The summed E-state index contributed by atoms with van der Waals surface area (Å²) < 4.78 is 18.9. The van der Waals surface area contributed by atoms with E-state index in [4.69, 9.17) is 10.00 Å². The summed E-state index contributed by atoms with van der Waals surface area (Å²) in [6.45, 7) is 1.48. The summed E-state index contributed by atoms with van der Waals surface area (Å²) in [5.74, 6) is -1.02. The molecule has 0 saturated heterocycles. The Kier molecular flexibility index (Phi) is 3.57. The predicted molar refractivity (Wildman–Crippen MR) is 66.8 cm³/mol. The van der Waals surface area contributed by atoms with E-state index in [1.807, 2.05) is 6.07 Å². The third kappa shape index (κ3) is 2.70. The number of aryl methyl sites for hydroxylation is 1. The molecule has 0 spiro atoms. The number of nitro benzene ring substituents is 1. The van der Waals surface area contributed by atoms with Crippen molar-refractivity contribution >= 4 is 5.69 Å². The maximum absolute atomic E-state index is 13.7. The van der Waals surface area contributed by atoms with Gasteiger partial charge in [-0.1, -0.05) is 6.07 Å². The molecule has 6 nitrogen and oxygen atoms in total. The lowest BCUT2D eigenvalue weighted by molar-refractivity contribution is -0.385. The van der Waals surface area contributed by atoms with Crippen molar-refractivity contribution < 1.29 is 14.1 Å². The maximum atomic E-state index is 13.7. The number of nitrogens with zero attached hydrogens (tertiary/aromatic N) is 3. The molecular weight excluding hydrogens is 265 g/mol. The third-order valence-corrected chi connectivity index (χ3v) is 2.50. The first kappa shape index (κ1) is 13.4. The lowest BCUT2D eigenvalue weighted by Gasteiger charge is -2.07. The Hall–Kier alpha value is -3.01. The monoisotopic (exact) mass is 273 g/mol. The van der Waals surface area contributed by atoms with Crippen molar-refractivity contribution in [2.45, 2.75) is 6.92 Å². The van der Waals surface area contributed by atoms with Crippen LogP contribution in [0.4, 0.5) is 10.1 Å². The van der Waals surface area contributed by atoms with Gasteiger partial charge in [-0.15, -0.1) is 0 Å². The molecule has 1 aromatic carbocycles. The molecule has 100 valence electrons. The van der Waals surface area contributed by atoms with Gasteiger partial charge in [-0.3, -0.25) is 10.1 Å². The van der Waals surface area contributed by atoms with Gasteiger partial charge in [0.25, 0.3) is 5.69 Å². The van der Waals surface area contributed by atoms with Crippen molar-refractivity contribution in [1.82, 2.24) is 4.98 Å². The lowest BCUT2D eigenvalue weighted by atomic mass is 10.2. The minimum Gasteiger partial charge on any atom is -0.436 e. The Morgan fingerprint density at radius 2 is 2.20 bits per heavy atom. The summed E-state index contributed by atoms with van der Waals surface area (Å²) in [4.78, 5) is 13.8. The van der Waals surface area contributed by atoms with Crippen molar-refractivity contribution in [3.63, 3.8) is 0 Å². The number of hydrogen-bond acceptors (Lipinski definition) is 5. The van der Waals surface area contributed by atoms with Crippen molar-refractivity contribution in [3.05, 3.63) is 57.5 Å². The minimum absolute atomic E-state index is 0.0382. The molecular formula is C13H8FN3O3. The standard InChI is InChI=1S/C13H8FN3O3/c1-8-5-12(10(14)6-11(8)17(18)19)20-13-4-2-3-9(7-15)16-13/h2-6H,1H3. The van der Waals surface area contributed by atoms with Crippen LogP contribution in [0.1, 0.15) is 11.3 Å². The first-order valence-corrected chi connectivity index (χ1v) is 5.51. The fraction of sp³-hybridized carbons (Fsp3) is 0.0769. The fourth-order valence-electron chi connectivity index (χ4n) is 1.57. The van der Waals surface area contributed by atoms with Crippen molar-refractivity contribution in [1.29, 1.82) is 5.26 Å². The molecule has 0 atom stereocenters. The van der Waals surface area contributed by atoms with Crippen LogP contribution in [-0.4, -0.2) is 9.91 Å². The second kappa shape index (κ2) is 5.32. The van der Waals surface area contributed by atoms with Crippen LogP contribution in [0.3, 0.4) is 0 Å². The van der Waals surface area contributed by atoms with Gasteiger partial charge >= 0.3 is 0 Å². The zero-order chi connectivity index (χ0) is 14.7. The van der Waals surface area contributed by atoms with E-state index in [9.17, 15) is 14.5 Å². The van der Waals surface area contributed by atoms with Gasteiger partial charge in [-0.2, -0.15) is 5.26 Å². The molecule has 0 fully saturated rings. The van der Waals surface area contributed by atoms with E-state index in [2.05, 4.69) is 4.98 Å². The molecule has 0 aliphatic heterocycles. The number of rotatable bonds is 3. The number of pyridine rings is 1. The van der Waals surface area contributed by atoms with Crippen LogP contribution >= 0.6 is 0 Å². The summed E-state index contributed by atoms with van der Waals surface area (Å²) in [6.07, 6.45) is 0. The lowest BCUT2D eigenvalue weighted by Crippen LogP contribution is -1.97. The highest BCUT2D eigenvalue weighted by molar-refractivity contribution is 5.46. The molecule has 0 saturated carbocycles. The smallest absolute Gasteiger partial charge is 0.275 e. The molecule has 7 heteroatoms. The number of ether oxygens (including phenoxy) is 1. The van der Waals surface area contributed by atoms with Gasteiger partial charge in [0.2, 0.25) is 5.88 Å². The molecule has 2 rings (SSSR count). The second-order valence-corrected chi connectivity index (χ2v) is 3.90. The number of aromatic nitrogens is 1. The van der Waals surface area contributed by atoms with E-state index in [-0.39, 0.29) is 28.6 Å². The van der Waals surface area contributed by atoms with Gasteiger partial charge in [0.15, 0.2) is 11.6 Å². The van der Waals surface area contributed by atoms with Crippen LogP contribution in [0.15, 0.2) is 30.3 Å². The van der Waals surface area contributed by atoms with Gasteiger partial charge in [-0.25, -0.2) is 9.37 Å². The molecule has 0 bridgehead atoms. The van der Waals surface area contributed by atoms with E-state index in [0.29, 0.717) is 0 Å². The zero-order valence-corrected chi connectivity index (χ0v) is 10.3. The largest absolute Gasteiger partial charge is 0.436 e. The quantitative estimate of drug-likeness (QED) is 0.633. The molecule has 1 heterocycles. The summed E-state index contributed by atoms with van der Waals surface area (Å²) in [5.41, 5.74) is 0.0676. The maximum Gasteiger partial charge on any atom is 0.275 e. The molecule has 0 unspecified atom stereocenters. The number of halogens is 1. The normalized spacial score (nSPS) is 9.85. The summed E-state index contributed by atoms with van der Waals surface area (Å²) in [5, 5.41) is 19.4. The van der Waals surface area contributed by atoms with E-state index >= 15 is 0 Å². The van der Waals surface area contributed by atoms with Gasteiger partial charge < -0.3 is 4.74 Å². The first-order valence-electron chi connectivity index (χ1n) is 5.51. The molecule has 0 N–H and O–H groups in total. The van der Waals surface area contributed by atoms with Gasteiger partial charge in [0.05, 0.1) is 11.0 Å². The second-order valence-electron chi connectivity index (χ2n) is 3.90. The summed E-state index contributed by atoms with van der Waals surface area (Å²) >= 11 is 0. The van der Waals surface area contributed by atoms with Crippen LogP contribution in [0.25, 0.3) is 0 Å². The Morgan fingerprint density at radius 3 is 2.85 bits per heavy atom. The molecule has 0 aliphatic rings. The van der Waals surface area contributed by atoms with Crippen LogP contribution in [0.5, 0.6) is 11.6 Å². The highest BCUT2D eigenvalue weighted by Gasteiger charge is 2.17. The van der Waals surface area contributed by atoms with E-state index < -0.39 is 10.7 Å². The predicted octanol–water partition coefficient (Wildman–Crippen LogP) is 3.10. The number of hydrogen-bond donors (Lipinski definition) is 0. The van der Waals surface area contributed by atoms with Crippen LogP contribution in [0.2, 0.25) is 0 Å². The SMILES string of the molecule is Cc1cc(Oc2cccc(C#N)n2)c(F)cc1[N+](=O)[O-]. The van der Waals surface area contributed by atoms with Gasteiger partial charge in [0, 0.05) is 11.6 Å². The number of nitriles is 1. The molecule has 1 aromatic heterocycles. The van der Waals surface area contributed by atoms with Crippen molar-refractivity contribution in [2.24, 2.45) is 0 Å². The van der Waals surface area contributed by atoms with Crippen LogP contribution < -0.4 is 4.74 Å². The molecule has 20 heavy (non-hydrogen) atoms. The van der Waals surface area contributed by atoms with Crippen molar-refractivity contribution in [3.8, 4) is 17.7 Å². The zero-order valence-electron chi connectivity index (χ0n) is 10.3. The Labute approximate surface area is 113 Å². The van der Waals surface area contributed by atoms with E-state index in [0.717, 1.165) is 6.07 Å². The minimum atomic E-state index is -0.869. The fourth-order valence-corrected chi connectivity index (χ4v) is 1.57. The highest BCUT2D eigenvalue weighted by atomic mass is 19.1. The number of benzene rings is 1.